The van der Waals surface area contributed by atoms with Gasteiger partial charge >= 0.3 is 0 Å². The van der Waals surface area contributed by atoms with Crippen molar-refractivity contribution in [2.75, 3.05) is 6.54 Å². The van der Waals surface area contributed by atoms with Crippen molar-refractivity contribution < 1.29 is 9.59 Å². The van der Waals surface area contributed by atoms with E-state index in [1.165, 1.54) is 0 Å². The third-order valence-electron chi connectivity index (χ3n) is 5.00. The number of hydrogen-bond acceptors (Lipinski definition) is 4. The fourth-order valence-electron chi connectivity index (χ4n) is 3.21. The molecule has 1 heterocycles. The second kappa shape index (κ2) is 10.6. The Morgan fingerprint density at radius 1 is 1.00 bits per heavy atom. The van der Waals surface area contributed by atoms with Crippen LogP contribution in [0, 0.1) is 6.92 Å². The van der Waals surface area contributed by atoms with Crippen LogP contribution in [0.4, 0.5) is 0 Å². The van der Waals surface area contributed by atoms with E-state index >= 15 is 0 Å². The monoisotopic (exact) mass is 471 g/mol. The summed E-state index contributed by atoms with van der Waals surface area (Å²) >= 11 is 5.83. The molecule has 0 aliphatic rings. The van der Waals surface area contributed by atoms with E-state index in [1.54, 1.807) is 35.2 Å². The first-order valence-corrected chi connectivity index (χ1v) is 11.0. The second-order valence-corrected chi connectivity index (χ2v) is 8.00. The van der Waals surface area contributed by atoms with Crippen molar-refractivity contribution in [3.8, 4) is 16.9 Å². The fraction of sp³-hybridized carbons (Fsp3) is 0.0769. The molecule has 0 bridgehead atoms. The van der Waals surface area contributed by atoms with Crippen molar-refractivity contribution in [1.29, 1.82) is 0 Å². The number of aromatic nitrogens is 2. The highest BCUT2D eigenvalue weighted by atomic mass is 35.5. The molecule has 0 atom stereocenters. The van der Waals surface area contributed by atoms with Crippen LogP contribution in [0.1, 0.15) is 21.5 Å². The molecule has 4 aromatic rings. The Kier molecular flexibility index (Phi) is 7.15. The molecule has 8 heteroatoms. The molecule has 0 saturated heterocycles. The number of aryl methyl sites for hydroxylation is 1. The van der Waals surface area contributed by atoms with E-state index in [9.17, 15) is 9.59 Å². The Hall–Kier alpha value is -4.23. The lowest BCUT2D eigenvalue weighted by atomic mass is 10.1. The molecular weight excluding hydrogens is 450 g/mol. The summed E-state index contributed by atoms with van der Waals surface area (Å²) in [6.45, 7) is 1.81. The normalized spacial score (nSPS) is 10.9. The molecule has 0 aliphatic carbocycles. The summed E-state index contributed by atoms with van der Waals surface area (Å²) in [4.78, 5) is 24.3. The SMILES string of the molecule is Cc1ccc(-c2nn(-c3ccccc3)cc2/C=N/NC(=O)CNC(=O)c2ccc(Cl)cc2)cc1. The summed E-state index contributed by atoms with van der Waals surface area (Å²) in [7, 11) is 0. The smallest absolute Gasteiger partial charge is 0.259 e. The molecule has 0 spiro atoms. The van der Waals surface area contributed by atoms with Crippen LogP contribution in [-0.4, -0.2) is 34.4 Å². The molecule has 1 aromatic heterocycles. The molecule has 170 valence electrons. The molecule has 7 nitrogen and oxygen atoms in total. The number of hydrogen-bond donors (Lipinski definition) is 2. The maximum atomic E-state index is 12.2. The Balaban J connectivity index is 1.45. The van der Waals surface area contributed by atoms with Gasteiger partial charge in [-0.1, -0.05) is 59.6 Å². The molecule has 2 N–H and O–H groups in total. The van der Waals surface area contributed by atoms with Gasteiger partial charge in [-0.2, -0.15) is 10.2 Å². The topological polar surface area (TPSA) is 88.4 Å². The van der Waals surface area contributed by atoms with Gasteiger partial charge in [0, 0.05) is 27.9 Å². The van der Waals surface area contributed by atoms with Crippen LogP contribution in [0.15, 0.2) is 90.2 Å². The maximum absolute atomic E-state index is 12.2. The molecule has 0 unspecified atom stereocenters. The molecule has 3 aromatic carbocycles. The molecule has 4 rings (SSSR count). The summed E-state index contributed by atoms with van der Waals surface area (Å²) < 4.78 is 1.77. The van der Waals surface area contributed by atoms with Crippen molar-refractivity contribution in [1.82, 2.24) is 20.5 Å². The average Bonchev–Trinajstić information content (AvgIpc) is 3.28. The second-order valence-electron chi connectivity index (χ2n) is 7.56. The van der Waals surface area contributed by atoms with Crippen molar-refractivity contribution in [2.45, 2.75) is 6.92 Å². The van der Waals surface area contributed by atoms with E-state index in [4.69, 9.17) is 16.7 Å². The van der Waals surface area contributed by atoms with Gasteiger partial charge in [-0.05, 0) is 43.3 Å². The number of para-hydroxylation sites is 1. The van der Waals surface area contributed by atoms with Crippen LogP contribution < -0.4 is 10.7 Å². The lowest BCUT2D eigenvalue weighted by Crippen LogP contribution is -2.34. The van der Waals surface area contributed by atoms with Gasteiger partial charge in [0.2, 0.25) is 0 Å². The van der Waals surface area contributed by atoms with Crippen molar-refractivity contribution in [2.24, 2.45) is 5.10 Å². The van der Waals surface area contributed by atoms with Gasteiger partial charge in [-0.15, -0.1) is 0 Å². The molecule has 0 radical (unpaired) electrons. The van der Waals surface area contributed by atoms with E-state index in [-0.39, 0.29) is 12.5 Å². The summed E-state index contributed by atoms with van der Waals surface area (Å²) in [5, 5.41) is 11.9. The fourth-order valence-corrected chi connectivity index (χ4v) is 3.33. The number of halogens is 1. The number of nitrogens with one attached hydrogen (secondary N) is 2. The lowest BCUT2D eigenvalue weighted by molar-refractivity contribution is -0.120. The van der Waals surface area contributed by atoms with Gasteiger partial charge < -0.3 is 5.32 Å². The molecule has 0 fully saturated rings. The van der Waals surface area contributed by atoms with Crippen LogP contribution in [0.5, 0.6) is 0 Å². The van der Waals surface area contributed by atoms with Crippen LogP contribution in [0.25, 0.3) is 16.9 Å². The quantitative estimate of drug-likeness (QED) is 0.309. The molecule has 0 aliphatic heterocycles. The summed E-state index contributed by atoms with van der Waals surface area (Å²) in [6.07, 6.45) is 3.39. The predicted molar refractivity (Wildman–Crippen MR) is 133 cm³/mol. The minimum atomic E-state index is -0.453. The minimum Gasteiger partial charge on any atom is -0.343 e. The van der Waals surface area contributed by atoms with Crippen molar-refractivity contribution in [3.63, 3.8) is 0 Å². The number of carbonyl (C=O) groups excluding carboxylic acids is 2. The molecule has 0 saturated carbocycles. The number of rotatable bonds is 7. The van der Waals surface area contributed by atoms with Gasteiger partial charge in [0.1, 0.15) is 5.69 Å². The highest BCUT2D eigenvalue weighted by Crippen LogP contribution is 2.23. The van der Waals surface area contributed by atoms with Crippen LogP contribution in [0.3, 0.4) is 0 Å². The first-order chi connectivity index (χ1) is 16.5. The predicted octanol–water partition coefficient (Wildman–Crippen LogP) is 4.38. The highest BCUT2D eigenvalue weighted by Gasteiger charge is 2.12. The number of carbonyl (C=O) groups is 2. The zero-order valence-electron chi connectivity index (χ0n) is 18.4. The Morgan fingerprint density at radius 2 is 1.71 bits per heavy atom. The van der Waals surface area contributed by atoms with E-state index in [0.717, 1.165) is 28.1 Å². The zero-order valence-corrected chi connectivity index (χ0v) is 19.2. The Morgan fingerprint density at radius 3 is 2.41 bits per heavy atom. The van der Waals surface area contributed by atoms with Crippen molar-refractivity contribution >= 4 is 29.6 Å². The number of amides is 2. The molecule has 34 heavy (non-hydrogen) atoms. The first-order valence-electron chi connectivity index (χ1n) is 10.6. The summed E-state index contributed by atoms with van der Waals surface area (Å²) in [6, 6.07) is 24.2. The van der Waals surface area contributed by atoms with Gasteiger partial charge in [0.05, 0.1) is 18.4 Å². The summed E-state index contributed by atoms with van der Waals surface area (Å²) in [5.74, 6) is -0.826. The van der Waals surface area contributed by atoms with Crippen LogP contribution in [0.2, 0.25) is 5.02 Å². The third-order valence-corrected chi connectivity index (χ3v) is 5.25. The number of hydrazone groups is 1. The summed E-state index contributed by atoms with van der Waals surface area (Å²) in [5.41, 5.74) is 7.31. The standard InChI is InChI=1S/C26H22ClN5O2/c1-18-7-9-19(10-8-18)25-21(17-32(31-25)23-5-3-2-4-6-23)15-29-30-24(33)16-28-26(34)20-11-13-22(27)14-12-20/h2-15,17H,16H2,1H3,(H,28,34)(H,30,33)/b29-15+. The van der Waals surface area contributed by atoms with Gasteiger partial charge in [-0.3, -0.25) is 9.59 Å². The maximum Gasteiger partial charge on any atom is 0.259 e. The molecular formula is C26H22ClN5O2. The van der Waals surface area contributed by atoms with Gasteiger partial charge in [0.25, 0.3) is 11.8 Å². The number of nitrogens with zero attached hydrogens (tertiary/aromatic N) is 3. The largest absolute Gasteiger partial charge is 0.343 e. The number of benzene rings is 3. The van der Waals surface area contributed by atoms with Crippen LogP contribution in [-0.2, 0) is 4.79 Å². The first kappa shape index (κ1) is 22.9. The zero-order chi connectivity index (χ0) is 23.9. The Labute approximate surface area is 202 Å². The van der Waals surface area contributed by atoms with Gasteiger partial charge in [0.15, 0.2) is 0 Å². The van der Waals surface area contributed by atoms with E-state index in [1.807, 2.05) is 67.7 Å². The van der Waals surface area contributed by atoms with E-state index < -0.39 is 5.91 Å². The highest BCUT2D eigenvalue weighted by molar-refractivity contribution is 6.30. The third kappa shape index (κ3) is 5.76. The van der Waals surface area contributed by atoms with Gasteiger partial charge in [-0.25, -0.2) is 10.1 Å². The Bertz CT molecular complexity index is 1310. The molecule has 2 amide bonds. The van der Waals surface area contributed by atoms with E-state index in [0.29, 0.717) is 10.6 Å². The van der Waals surface area contributed by atoms with E-state index in [2.05, 4.69) is 15.8 Å². The lowest BCUT2D eigenvalue weighted by Gasteiger charge is -2.04. The van der Waals surface area contributed by atoms with Crippen molar-refractivity contribution in [3.05, 3.63) is 107 Å². The van der Waals surface area contributed by atoms with Crippen LogP contribution >= 0.6 is 11.6 Å². The minimum absolute atomic E-state index is 0.215. The average molecular weight is 472 g/mol.